The lowest BCUT2D eigenvalue weighted by atomic mass is 9.91. The number of amides is 1. The molecule has 1 unspecified atom stereocenters. The number of fused-ring (bicyclic) bond motifs is 1. The number of aliphatic carboxylic acids is 1. The third-order valence-corrected chi connectivity index (χ3v) is 5.44. The fourth-order valence-electron chi connectivity index (χ4n) is 3.83. The minimum atomic E-state index is -0.687. The molecular formula is C17H19N3O3. The van der Waals surface area contributed by atoms with E-state index in [9.17, 15) is 9.59 Å². The van der Waals surface area contributed by atoms with Gasteiger partial charge in [-0.1, -0.05) is 18.2 Å². The number of aromatic nitrogens is 2. The molecule has 1 aromatic carbocycles. The number of hydrogen-bond donors (Lipinski definition) is 1. The molecule has 1 saturated carbocycles. The first-order valence-electron chi connectivity index (χ1n) is 8.00. The molecule has 1 N–H and O–H groups in total. The lowest BCUT2D eigenvalue weighted by Gasteiger charge is -2.32. The molecule has 6 heteroatoms. The minimum absolute atomic E-state index is 0.0407. The first kappa shape index (κ1) is 14.2. The Labute approximate surface area is 133 Å². The lowest BCUT2D eigenvalue weighted by molar-refractivity contribution is -0.140. The van der Waals surface area contributed by atoms with E-state index in [1.54, 1.807) is 10.9 Å². The van der Waals surface area contributed by atoms with Gasteiger partial charge in [0.15, 0.2) is 0 Å². The highest BCUT2D eigenvalue weighted by molar-refractivity contribution is 5.82. The van der Waals surface area contributed by atoms with Crippen molar-refractivity contribution in [2.24, 2.45) is 11.3 Å². The Kier molecular flexibility index (Phi) is 3.14. The third-order valence-electron chi connectivity index (χ3n) is 5.44. The van der Waals surface area contributed by atoms with Gasteiger partial charge in [0.05, 0.1) is 17.6 Å². The Morgan fingerprint density at radius 1 is 1.26 bits per heavy atom. The van der Waals surface area contributed by atoms with Gasteiger partial charge in [-0.15, -0.1) is 0 Å². The van der Waals surface area contributed by atoms with Gasteiger partial charge in [0.1, 0.15) is 6.54 Å². The van der Waals surface area contributed by atoms with E-state index < -0.39 is 5.97 Å². The van der Waals surface area contributed by atoms with E-state index >= 15 is 0 Å². The summed E-state index contributed by atoms with van der Waals surface area (Å²) in [5, 5.41) is 14.5. The van der Waals surface area contributed by atoms with Gasteiger partial charge in [0, 0.05) is 18.5 Å². The molecule has 1 aliphatic carbocycles. The first-order chi connectivity index (χ1) is 11.1. The molecule has 1 aliphatic heterocycles. The Balaban J connectivity index is 1.40. The molecule has 6 nitrogen and oxygen atoms in total. The summed E-state index contributed by atoms with van der Waals surface area (Å²) in [6.07, 6.45) is 4.15. The van der Waals surface area contributed by atoms with Crippen molar-refractivity contribution in [3.05, 3.63) is 30.5 Å². The minimum Gasteiger partial charge on any atom is -0.481 e. The van der Waals surface area contributed by atoms with E-state index in [4.69, 9.17) is 5.11 Å². The van der Waals surface area contributed by atoms with Crippen molar-refractivity contribution in [3.8, 4) is 0 Å². The highest BCUT2D eigenvalue weighted by Gasteiger charge is 2.59. The van der Waals surface area contributed by atoms with Gasteiger partial charge in [-0.25, -0.2) is 0 Å². The number of hydrogen-bond acceptors (Lipinski definition) is 3. The predicted octanol–water partition coefficient (Wildman–Crippen LogP) is 1.75. The van der Waals surface area contributed by atoms with Crippen LogP contribution < -0.4 is 0 Å². The van der Waals surface area contributed by atoms with Crippen LogP contribution in [-0.4, -0.2) is 44.8 Å². The number of para-hydroxylation sites is 1. The van der Waals surface area contributed by atoms with Crippen molar-refractivity contribution >= 4 is 22.8 Å². The van der Waals surface area contributed by atoms with E-state index in [2.05, 4.69) is 5.10 Å². The van der Waals surface area contributed by atoms with Crippen molar-refractivity contribution < 1.29 is 14.7 Å². The van der Waals surface area contributed by atoms with E-state index in [1.165, 1.54) is 0 Å². The van der Waals surface area contributed by atoms with E-state index in [1.807, 2.05) is 29.2 Å². The molecular weight excluding hydrogens is 294 g/mol. The normalized spacial score (nSPS) is 22.4. The second kappa shape index (κ2) is 5.08. The summed E-state index contributed by atoms with van der Waals surface area (Å²) < 4.78 is 1.74. The Morgan fingerprint density at radius 2 is 2.00 bits per heavy atom. The maximum absolute atomic E-state index is 12.5. The fourth-order valence-corrected chi connectivity index (χ4v) is 3.83. The zero-order valence-corrected chi connectivity index (χ0v) is 12.8. The van der Waals surface area contributed by atoms with Crippen LogP contribution in [0.3, 0.4) is 0 Å². The molecule has 2 aliphatic rings. The van der Waals surface area contributed by atoms with E-state index in [-0.39, 0.29) is 23.8 Å². The molecule has 4 rings (SSSR count). The van der Waals surface area contributed by atoms with Gasteiger partial charge < -0.3 is 10.0 Å². The summed E-state index contributed by atoms with van der Waals surface area (Å²) in [6, 6.07) is 7.83. The van der Waals surface area contributed by atoms with Crippen LogP contribution in [0.4, 0.5) is 0 Å². The average Bonchev–Trinajstić information content (AvgIpc) is 3.11. The van der Waals surface area contributed by atoms with Gasteiger partial charge in [-0.3, -0.25) is 14.3 Å². The second-order valence-corrected chi connectivity index (χ2v) is 6.70. The van der Waals surface area contributed by atoms with Gasteiger partial charge in [-0.2, -0.15) is 5.10 Å². The summed E-state index contributed by atoms with van der Waals surface area (Å²) in [5.74, 6) is -0.830. The number of benzene rings is 1. The standard InChI is InChI=1S/C17H19N3O3/c21-15(11-20-14-4-2-1-3-12(14)10-18-20)19-7-5-17(6-8-19)9-13(17)16(22)23/h1-4,10,13H,5-9,11H2,(H,22,23). The van der Waals surface area contributed by atoms with Gasteiger partial charge in [-0.05, 0) is 30.7 Å². The molecule has 120 valence electrons. The monoisotopic (exact) mass is 313 g/mol. The largest absolute Gasteiger partial charge is 0.481 e. The van der Waals surface area contributed by atoms with Crippen molar-refractivity contribution in [2.45, 2.75) is 25.8 Å². The molecule has 2 aromatic rings. The molecule has 0 bridgehead atoms. The number of nitrogens with zero attached hydrogens (tertiary/aromatic N) is 3. The van der Waals surface area contributed by atoms with Crippen LogP contribution in [0.5, 0.6) is 0 Å². The maximum atomic E-state index is 12.5. The number of carbonyl (C=O) groups excluding carboxylic acids is 1. The average molecular weight is 313 g/mol. The Morgan fingerprint density at radius 3 is 2.70 bits per heavy atom. The molecule has 0 radical (unpaired) electrons. The van der Waals surface area contributed by atoms with Gasteiger partial charge in [0.2, 0.25) is 5.91 Å². The van der Waals surface area contributed by atoms with Crippen LogP contribution >= 0.6 is 0 Å². The van der Waals surface area contributed by atoms with Crippen LogP contribution in [0.1, 0.15) is 19.3 Å². The highest BCUT2D eigenvalue weighted by atomic mass is 16.4. The third kappa shape index (κ3) is 2.38. The van der Waals surface area contributed by atoms with Crippen molar-refractivity contribution in [2.75, 3.05) is 13.1 Å². The summed E-state index contributed by atoms with van der Waals surface area (Å²) in [7, 11) is 0. The lowest BCUT2D eigenvalue weighted by Crippen LogP contribution is -2.41. The number of likely N-dealkylation sites (tertiary alicyclic amines) is 1. The number of carboxylic acid groups (broad SMARTS) is 1. The van der Waals surface area contributed by atoms with Crippen molar-refractivity contribution in [1.82, 2.24) is 14.7 Å². The molecule has 1 saturated heterocycles. The number of carbonyl (C=O) groups is 2. The van der Waals surface area contributed by atoms with Crippen LogP contribution in [0.25, 0.3) is 10.9 Å². The number of piperidine rings is 1. The van der Waals surface area contributed by atoms with E-state index in [0.717, 1.165) is 30.2 Å². The molecule has 1 amide bonds. The second-order valence-electron chi connectivity index (χ2n) is 6.70. The molecule has 1 atom stereocenters. The summed E-state index contributed by atoms with van der Waals surface area (Å²) in [5.41, 5.74) is 0.920. The highest BCUT2D eigenvalue weighted by Crippen LogP contribution is 2.59. The van der Waals surface area contributed by atoms with Crippen LogP contribution in [-0.2, 0) is 16.1 Å². The predicted molar refractivity (Wildman–Crippen MR) is 83.7 cm³/mol. The Hall–Kier alpha value is -2.37. The molecule has 2 fully saturated rings. The van der Waals surface area contributed by atoms with Crippen molar-refractivity contribution in [3.63, 3.8) is 0 Å². The quantitative estimate of drug-likeness (QED) is 0.936. The van der Waals surface area contributed by atoms with Crippen LogP contribution in [0.15, 0.2) is 30.5 Å². The molecule has 1 aromatic heterocycles. The van der Waals surface area contributed by atoms with Crippen LogP contribution in [0, 0.1) is 11.3 Å². The maximum Gasteiger partial charge on any atom is 0.307 e. The first-order valence-corrected chi connectivity index (χ1v) is 8.00. The number of carboxylic acids is 1. The fraction of sp³-hybridized carbons (Fsp3) is 0.471. The SMILES string of the molecule is O=C(O)C1CC12CCN(C(=O)Cn1ncc3ccccc31)CC2. The molecule has 2 heterocycles. The zero-order chi connectivity index (χ0) is 16.0. The van der Waals surface area contributed by atoms with Gasteiger partial charge in [0.25, 0.3) is 0 Å². The Bertz CT molecular complexity index is 774. The topological polar surface area (TPSA) is 75.4 Å². The van der Waals surface area contributed by atoms with Gasteiger partial charge >= 0.3 is 5.97 Å². The molecule has 23 heavy (non-hydrogen) atoms. The molecule has 1 spiro atoms. The van der Waals surface area contributed by atoms with E-state index in [0.29, 0.717) is 13.1 Å². The van der Waals surface area contributed by atoms with Crippen LogP contribution in [0.2, 0.25) is 0 Å². The summed E-state index contributed by atoms with van der Waals surface area (Å²) in [6.45, 7) is 1.55. The smallest absolute Gasteiger partial charge is 0.307 e. The summed E-state index contributed by atoms with van der Waals surface area (Å²) in [4.78, 5) is 25.4. The zero-order valence-electron chi connectivity index (χ0n) is 12.8. The van der Waals surface area contributed by atoms with Crippen molar-refractivity contribution in [1.29, 1.82) is 0 Å². The summed E-state index contributed by atoms with van der Waals surface area (Å²) >= 11 is 0. The number of rotatable bonds is 3.